The third-order valence-corrected chi connectivity index (χ3v) is 5.35. The van der Waals surface area contributed by atoms with Gasteiger partial charge in [0.25, 0.3) is 0 Å². The highest BCUT2D eigenvalue weighted by Gasteiger charge is 2.70. The van der Waals surface area contributed by atoms with Gasteiger partial charge in [-0.05, 0) is 24.3 Å². The van der Waals surface area contributed by atoms with Crippen LogP contribution in [0.2, 0.25) is 0 Å². The maximum absolute atomic E-state index is 11.9. The van der Waals surface area contributed by atoms with E-state index in [0.717, 1.165) is 5.56 Å². The van der Waals surface area contributed by atoms with Gasteiger partial charge in [0, 0.05) is 18.9 Å². The van der Waals surface area contributed by atoms with E-state index in [2.05, 4.69) is 6.92 Å². The molecule has 1 aromatic carbocycles. The molecule has 4 nitrogen and oxygen atoms in total. The van der Waals surface area contributed by atoms with E-state index in [1.807, 2.05) is 30.3 Å². The van der Waals surface area contributed by atoms with Crippen molar-refractivity contribution < 1.29 is 14.3 Å². The van der Waals surface area contributed by atoms with Gasteiger partial charge in [0.2, 0.25) is 5.91 Å². The quantitative estimate of drug-likeness (QED) is 0.838. The summed E-state index contributed by atoms with van der Waals surface area (Å²) in [6.45, 7) is 7.25. The molecule has 2 aliphatic rings. The third kappa shape index (κ3) is 2.45. The Kier molecular flexibility index (Phi) is 3.81. The number of piperidine rings is 1. The van der Waals surface area contributed by atoms with Crippen LogP contribution in [0.1, 0.15) is 26.3 Å². The second-order valence-corrected chi connectivity index (χ2v) is 6.84. The summed E-state index contributed by atoms with van der Waals surface area (Å²) in [5.41, 5.74) is 1.18. The first-order chi connectivity index (χ1) is 10.4. The largest absolute Gasteiger partial charge is 0.376 e. The zero-order chi connectivity index (χ0) is 15.9. The topological polar surface area (TPSA) is 46.6 Å². The van der Waals surface area contributed by atoms with Crippen molar-refractivity contribution in [3.8, 4) is 0 Å². The standard InChI is InChI=1S/C18H23NO3/c1-12(20)17-16-15(9-19(17)13(2)21)18(16,3)11-22-10-14-7-5-4-6-8-14/h4-8,15-17H,9-11H2,1-3H3/t15-,16?,17+,18-/m0/s1. The molecule has 0 radical (unpaired) electrons. The maximum atomic E-state index is 11.9. The van der Waals surface area contributed by atoms with Crippen LogP contribution < -0.4 is 0 Å². The van der Waals surface area contributed by atoms with Crippen LogP contribution in [0.3, 0.4) is 0 Å². The molecule has 0 spiro atoms. The third-order valence-electron chi connectivity index (χ3n) is 5.35. The molecule has 0 aromatic heterocycles. The number of benzene rings is 1. The van der Waals surface area contributed by atoms with Crippen LogP contribution in [0.5, 0.6) is 0 Å². The molecule has 4 heteroatoms. The number of carbonyl (C=O) groups is 2. The van der Waals surface area contributed by atoms with Gasteiger partial charge >= 0.3 is 0 Å². The van der Waals surface area contributed by atoms with E-state index < -0.39 is 0 Å². The monoisotopic (exact) mass is 301 g/mol. The summed E-state index contributed by atoms with van der Waals surface area (Å²) >= 11 is 0. The first kappa shape index (κ1) is 15.2. The zero-order valence-corrected chi connectivity index (χ0v) is 13.4. The molecule has 1 amide bonds. The first-order valence-electron chi connectivity index (χ1n) is 7.84. The Morgan fingerprint density at radius 2 is 1.95 bits per heavy atom. The number of nitrogens with zero attached hydrogens (tertiary/aromatic N) is 1. The number of ether oxygens (including phenoxy) is 1. The second kappa shape index (κ2) is 5.51. The Labute approximate surface area is 131 Å². The van der Waals surface area contributed by atoms with E-state index in [9.17, 15) is 9.59 Å². The van der Waals surface area contributed by atoms with Crippen LogP contribution >= 0.6 is 0 Å². The van der Waals surface area contributed by atoms with Crippen molar-refractivity contribution in [3.05, 3.63) is 35.9 Å². The molecular formula is C18H23NO3. The lowest BCUT2D eigenvalue weighted by molar-refractivity contribution is -0.137. The van der Waals surface area contributed by atoms with Crippen molar-refractivity contribution in [1.29, 1.82) is 0 Å². The van der Waals surface area contributed by atoms with E-state index in [1.54, 1.807) is 18.7 Å². The molecule has 0 bridgehead atoms. The number of amides is 1. The number of likely N-dealkylation sites (tertiary alicyclic amines) is 1. The normalized spacial score (nSPS) is 32.7. The van der Waals surface area contributed by atoms with Crippen LogP contribution in [0, 0.1) is 17.3 Å². The van der Waals surface area contributed by atoms with Crippen molar-refractivity contribution in [1.82, 2.24) is 4.90 Å². The molecule has 1 aliphatic carbocycles. The van der Waals surface area contributed by atoms with E-state index in [1.165, 1.54) is 0 Å². The number of hydrogen-bond donors (Lipinski definition) is 0. The summed E-state index contributed by atoms with van der Waals surface area (Å²) in [7, 11) is 0. The maximum Gasteiger partial charge on any atom is 0.220 e. The fourth-order valence-corrected chi connectivity index (χ4v) is 4.08. The molecule has 1 heterocycles. The number of fused-ring (bicyclic) bond motifs is 1. The van der Waals surface area contributed by atoms with E-state index in [4.69, 9.17) is 4.74 Å². The summed E-state index contributed by atoms with van der Waals surface area (Å²) in [5, 5.41) is 0. The molecule has 3 rings (SSSR count). The highest BCUT2D eigenvalue weighted by molar-refractivity contribution is 5.88. The second-order valence-electron chi connectivity index (χ2n) is 6.84. The molecule has 118 valence electrons. The van der Waals surface area contributed by atoms with Crippen molar-refractivity contribution in [3.63, 3.8) is 0 Å². The molecule has 1 saturated heterocycles. The Morgan fingerprint density at radius 1 is 1.27 bits per heavy atom. The molecule has 1 aliphatic heterocycles. The lowest BCUT2D eigenvalue weighted by Gasteiger charge is -2.29. The summed E-state index contributed by atoms with van der Waals surface area (Å²) < 4.78 is 5.89. The Balaban J connectivity index is 1.60. The predicted molar refractivity (Wildman–Crippen MR) is 83.0 cm³/mol. The van der Waals surface area contributed by atoms with E-state index >= 15 is 0 Å². The fourth-order valence-electron chi connectivity index (χ4n) is 4.08. The minimum Gasteiger partial charge on any atom is -0.376 e. The molecule has 1 aromatic rings. The van der Waals surface area contributed by atoms with Crippen LogP contribution in [0.25, 0.3) is 0 Å². The van der Waals surface area contributed by atoms with Crippen molar-refractivity contribution in [2.45, 2.75) is 33.4 Å². The predicted octanol–water partition coefficient (Wildman–Crippen LogP) is 2.28. The fraction of sp³-hybridized carbons (Fsp3) is 0.556. The van der Waals surface area contributed by atoms with Gasteiger partial charge in [0.05, 0.1) is 19.3 Å². The summed E-state index contributed by atoms with van der Waals surface area (Å²) in [6, 6.07) is 9.83. The van der Waals surface area contributed by atoms with Gasteiger partial charge in [-0.2, -0.15) is 0 Å². The molecular weight excluding hydrogens is 278 g/mol. The molecule has 22 heavy (non-hydrogen) atoms. The van der Waals surface area contributed by atoms with Gasteiger partial charge in [0.15, 0.2) is 5.78 Å². The summed E-state index contributed by atoms with van der Waals surface area (Å²) in [4.78, 5) is 25.4. The first-order valence-corrected chi connectivity index (χ1v) is 7.84. The number of rotatable bonds is 5. The minimum atomic E-state index is -0.257. The smallest absolute Gasteiger partial charge is 0.220 e. The number of carbonyl (C=O) groups excluding carboxylic acids is 2. The number of Topliss-reactive ketones (excluding diaryl/α,β-unsaturated/α-hetero) is 1. The average molecular weight is 301 g/mol. The average Bonchev–Trinajstić information content (AvgIpc) is 2.86. The van der Waals surface area contributed by atoms with Gasteiger partial charge in [-0.1, -0.05) is 37.3 Å². The van der Waals surface area contributed by atoms with Gasteiger partial charge in [-0.15, -0.1) is 0 Å². The van der Waals surface area contributed by atoms with Crippen LogP contribution in [-0.4, -0.2) is 35.8 Å². The minimum absolute atomic E-state index is 0.0000427. The highest BCUT2D eigenvalue weighted by atomic mass is 16.5. The lowest BCUT2D eigenvalue weighted by Crippen LogP contribution is -2.44. The van der Waals surface area contributed by atoms with Crippen LogP contribution in [0.4, 0.5) is 0 Å². The summed E-state index contributed by atoms with van der Waals surface area (Å²) in [5.74, 6) is 0.736. The Hall–Kier alpha value is -1.68. The number of hydrogen-bond acceptors (Lipinski definition) is 3. The SMILES string of the molecule is CC(=O)[C@@H]1C2[C@H](CN1C(C)=O)[C@]2(C)COCc1ccccc1. The molecule has 0 N–H and O–H groups in total. The highest BCUT2D eigenvalue weighted by Crippen LogP contribution is 2.65. The zero-order valence-electron chi connectivity index (χ0n) is 13.4. The molecule has 4 atom stereocenters. The van der Waals surface area contributed by atoms with E-state index in [-0.39, 0.29) is 29.1 Å². The summed E-state index contributed by atoms with van der Waals surface area (Å²) in [6.07, 6.45) is 0. The van der Waals surface area contributed by atoms with Crippen molar-refractivity contribution in [2.75, 3.05) is 13.2 Å². The number of ketones is 1. The lowest BCUT2D eigenvalue weighted by atomic mass is 9.97. The molecule has 1 saturated carbocycles. The van der Waals surface area contributed by atoms with Crippen LogP contribution in [-0.2, 0) is 20.9 Å². The Morgan fingerprint density at radius 3 is 2.55 bits per heavy atom. The Bertz CT molecular complexity index is 585. The van der Waals surface area contributed by atoms with E-state index in [0.29, 0.717) is 25.7 Å². The van der Waals surface area contributed by atoms with Gasteiger partial charge in [0.1, 0.15) is 0 Å². The van der Waals surface area contributed by atoms with Gasteiger partial charge in [-0.25, -0.2) is 0 Å². The molecule has 2 fully saturated rings. The van der Waals surface area contributed by atoms with Gasteiger partial charge in [-0.3, -0.25) is 9.59 Å². The van der Waals surface area contributed by atoms with Crippen LogP contribution in [0.15, 0.2) is 30.3 Å². The van der Waals surface area contributed by atoms with Crippen molar-refractivity contribution >= 4 is 11.7 Å². The molecule has 1 unspecified atom stereocenters. The van der Waals surface area contributed by atoms with Gasteiger partial charge < -0.3 is 9.64 Å². The van der Waals surface area contributed by atoms with Crippen molar-refractivity contribution in [2.24, 2.45) is 17.3 Å².